The number of nitrogens with one attached hydrogen (secondary N) is 3. The number of hydrazine groups is 1. The van der Waals surface area contributed by atoms with Gasteiger partial charge < -0.3 is 14.8 Å². The molecule has 2 aromatic carbocycles. The van der Waals surface area contributed by atoms with Gasteiger partial charge in [0.05, 0.1) is 6.61 Å². The molecule has 0 spiro atoms. The van der Waals surface area contributed by atoms with E-state index in [1.54, 1.807) is 55.5 Å². The summed E-state index contributed by atoms with van der Waals surface area (Å²) in [4.78, 5) is 35.9. The fourth-order valence-electron chi connectivity index (χ4n) is 2.49. The van der Waals surface area contributed by atoms with Crippen LogP contribution in [-0.4, -0.2) is 37.0 Å². The fourth-order valence-corrected chi connectivity index (χ4v) is 2.61. The van der Waals surface area contributed by atoms with Gasteiger partial charge in [0.1, 0.15) is 11.5 Å². The highest BCUT2D eigenvalue weighted by Crippen LogP contribution is 2.18. The van der Waals surface area contributed by atoms with E-state index in [0.29, 0.717) is 41.7 Å². The van der Waals surface area contributed by atoms with Gasteiger partial charge >= 0.3 is 0 Å². The minimum Gasteiger partial charge on any atom is -0.494 e. The van der Waals surface area contributed by atoms with E-state index in [0.717, 1.165) is 0 Å². The van der Waals surface area contributed by atoms with Crippen molar-refractivity contribution in [3.8, 4) is 11.5 Å². The zero-order chi connectivity index (χ0) is 22.6. The lowest BCUT2D eigenvalue weighted by Crippen LogP contribution is -2.47. The molecular formula is C22H26ClN3O5. The third kappa shape index (κ3) is 8.55. The quantitative estimate of drug-likeness (QED) is 0.383. The maximum atomic E-state index is 12.1. The first-order chi connectivity index (χ1) is 14.9. The summed E-state index contributed by atoms with van der Waals surface area (Å²) in [6.45, 7) is 4.35. The molecular weight excluding hydrogens is 422 g/mol. The molecule has 0 saturated heterocycles. The Morgan fingerprint density at radius 2 is 1.61 bits per heavy atom. The van der Waals surface area contributed by atoms with Crippen molar-refractivity contribution in [3.05, 3.63) is 59.1 Å². The van der Waals surface area contributed by atoms with Gasteiger partial charge in [-0.15, -0.1) is 0 Å². The summed E-state index contributed by atoms with van der Waals surface area (Å²) >= 11 is 5.79. The van der Waals surface area contributed by atoms with Crippen LogP contribution in [0.2, 0.25) is 5.02 Å². The van der Waals surface area contributed by atoms with E-state index in [1.807, 2.05) is 6.92 Å². The molecule has 0 aliphatic carbocycles. The Hall–Kier alpha value is -3.26. The Labute approximate surface area is 186 Å². The zero-order valence-electron chi connectivity index (χ0n) is 17.4. The molecule has 9 heteroatoms. The second-order valence-corrected chi connectivity index (χ2v) is 7.00. The molecule has 1 atom stereocenters. The van der Waals surface area contributed by atoms with Crippen LogP contribution < -0.4 is 25.6 Å². The number of rotatable bonds is 10. The summed E-state index contributed by atoms with van der Waals surface area (Å²) in [7, 11) is 0. The molecule has 0 aromatic heterocycles. The van der Waals surface area contributed by atoms with Crippen LogP contribution in [0.4, 0.5) is 0 Å². The maximum absolute atomic E-state index is 12.1. The Morgan fingerprint density at radius 1 is 0.968 bits per heavy atom. The fraction of sp³-hybridized carbons (Fsp3) is 0.318. The molecule has 166 valence electrons. The molecule has 0 saturated carbocycles. The van der Waals surface area contributed by atoms with E-state index in [9.17, 15) is 14.4 Å². The zero-order valence-corrected chi connectivity index (χ0v) is 18.2. The molecule has 2 aromatic rings. The predicted molar refractivity (Wildman–Crippen MR) is 117 cm³/mol. The number of hydrogen-bond acceptors (Lipinski definition) is 5. The predicted octanol–water partition coefficient (Wildman–Crippen LogP) is 2.86. The first-order valence-corrected chi connectivity index (χ1v) is 10.3. The molecule has 0 aliphatic heterocycles. The van der Waals surface area contributed by atoms with Crippen molar-refractivity contribution in [2.24, 2.45) is 0 Å². The Bertz CT molecular complexity index is 872. The van der Waals surface area contributed by atoms with Crippen molar-refractivity contribution in [2.75, 3.05) is 13.2 Å². The van der Waals surface area contributed by atoms with Crippen LogP contribution in [0.3, 0.4) is 0 Å². The molecule has 3 amide bonds. The van der Waals surface area contributed by atoms with E-state index < -0.39 is 12.0 Å². The number of hydrogen-bond donors (Lipinski definition) is 3. The van der Waals surface area contributed by atoms with Gasteiger partial charge in [-0.3, -0.25) is 25.2 Å². The van der Waals surface area contributed by atoms with Gasteiger partial charge in [-0.25, -0.2) is 0 Å². The van der Waals surface area contributed by atoms with Gasteiger partial charge in [0.2, 0.25) is 5.91 Å². The number of halogens is 1. The largest absolute Gasteiger partial charge is 0.494 e. The minimum atomic E-state index is -0.808. The maximum Gasteiger partial charge on any atom is 0.279 e. The summed E-state index contributed by atoms with van der Waals surface area (Å²) in [6.07, 6.45) is -0.258. The first-order valence-electron chi connectivity index (χ1n) is 9.91. The second kappa shape index (κ2) is 12.4. The lowest BCUT2D eigenvalue weighted by atomic mass is 10.2. The van der Waals surface area contributed by atoms with Crippen molar-refractivity contribution in [1.29, 1.82) is 0 Å². The van der Waals surface area contributed by atoms with E-state index in [1.165, 1.54) is 0 Å². The highest BCUT2D eigenvalue weighted by Gasteiger charge is 2.15. The van der Waals surface area contributed by atoms with Gasteiger partial charge in [0, 0.05) is 23.6 Å². The molecule has 0 heterocycles. The van der Waals surface area contributed by atoms with Crippen LogP contribution in [0, 0.1) is 0 Å². The Morgan fingerprint density at radius 3 is 2.26 bits per heavy atom. The summed E-state index contributed by atoms with van der Waals surface area (Å²) in [5.41, 5.74) is 5.15. The van der Waals surface area contributed by atoms with Crippen molar-refractivity contribution in [3.63, 3.8) is 0 Å². The number of ether oxygens (including phenoxy) is 2. The summed E-state index contributed by atoms with van der Waals surface area (Å²) in [6, 6.07) is 13.4. The van der Waals surface area contributed by atoms with Gasteiger partial charge in [-0.2, -0.15) is 0 Å². The Balaban J connectivity index is 1.62. The number of carbonyl (C=O) groups excluding carboxylic acids is 3. The standard InChI is InChI=1S/C22H26ClN3O5/c1-3-30-18-10-12-19(13-11-18)31-15(2)21(28)26-25-20(27)5-4-14-24-22(29)16-6-8-17(23)9-7-16/h6-13,15H,3-5,14H2,1-2H3,(H,24,29)(H,25,27)(H,26,28). The van der Waals surface area contributed by atoms with Gasteiger partial charge in [-0.1, -0.05) is 11.6 Å². The van der Waals surface area contributed by atoms with Crippen LogP contribution in [0.5, 0.6) is 11.5 Å². The summed E-state index contributed by atoms with van der Waals surface area (Å²) in [5, 5.41) is 3.27. The molecule has 0 bridgehead atoms. The van der Waals surface area contributed by atoms with E-state index in [2.05, 4.69) is 16.2 Å². The van der Waals surface area contributed by atoms with E-state index >= 15 is 0 Å². The summed E-state index contributed by atoms with van der Waals surface area (Å²) in [5.74, 6) is 0.115. The number of benzene rings is 2. The van der Waals surface area contributed by atoms with Crippen LogP contribution in [0.25, 0.3) is 0 Å². The molecule has 0 aliphatic rings. The van der Waals surface area contributed by atoms with Crippen LogP contribution >= 0.6 is 11.6 Å². The van der Waals surface area contributed by atoms with E-state index in [4.69, 9.17) is 21.1 Å². The molecule has 8 nitrogen and oxygen atoms in total. The minimum absolute atomic E-state index is 0.134. The molecule has 2 rings (SSSR count). The van der Waals surface area contributed by atoms with Gasteiger partial charge in [0.15, 0.2) is 6.10 Å². The van der Waals surface area contributed by atoms with Crippen LogP contribution in [0.1, 0.15) is 37.0 Å². The first kappa shape index (κ1) is 24.0. The lowest BCUT2D eigenvalue weighted by molar-refractivity contribution is -0.132. The van der Waals surface area contributed by atoms with Gasteiger partial charge in [-0.05, 0) is 68.8 Å². The van der Waals surface area contributed by atoms with Crippen LogP contribution in [-0.2, 0) is 9.59 Å². The monoisotopic (exact) mass is 447 g/mol. The third-order valence-electron chi connectivity index (χ3n) is 4.11. The number of carbonyl (C=O) groups is 3. The average molecular weight is 448 g/mol. The van der Waals surface area contributed by atoms with Crippen molar-refractivity contribution in [1.82, 2.24) is 16.2 Å². The number of amides is 3. The van der Waals surface area contributed by atoms with Crippen molar-refractivity contribution < 1.29 is 23.9 Å². The summed E-state index contributed by atoms with van der Waals surface area (Å²) < 4.78 is 10.9. The molecule has 0 fully saturated rings. The Kier molecular flexibility index (Phi) is 9.64. The smallest absolute Gasteiger partial charge is 0.279 e. The van der Waals surface area contributed by atoms with E-state index in [-0.39, 0.29) is 18.2 Å². The SMILES string of the molecule is CCOc1ccc(OC(C)C(=O)NNC(=O)CCCNC(=O)c2ccc(Cl)cc2)cc1. The molecule has 31 heavy (non-hydrogen) atoms. The molecule has 0 radical (unpaired) electrons. The average Bonchev–Trinajstić information content (AvgIpc) is 2.76. The second-order valence-electron chi connectivity index (χ2n) is 6.57. The highest BCUT2D eigenvalue weighted by atomic mass is 35.5. The molecule has 3 N–H and O–H groups in total. The topological polar surface area (TPSA) is 106 Å². The third-order valence-corrected chi connectivity index (χ3v) is 4.37. The van der Waals surface area contributed by atoms with Crippen molar-refractivity contribution >= 4 is 29.3 Å². The normalized spacial score (nSPS) is 11.2. The van der Waals surface area contributed by atoms with Crippen molar-refractivity contribution in [2.45, 2.75) is 32.8 Å². The van der Waals surface area contributed by atoms with Gasteiger partial charge in [0.25, 0.3) is 11.8 Å². The lowest BCUT2D eigenvalue weighted by Gasteiger charge is -2.15. The van der Waals surface area contributed by atoms with Crippen LogP contribution in [0.15, 0.2) is 48.5 Å². The molecule has 1 unspecified atom stereocenters. The highest BCUT2D eigenvalue weighted by molar-refractivity contribution is 6.30.